The number of nitrogens with one attached hydrogen (secondary N) is 2. The number of anilines is 1. The molecule has 0 radical (unpaired) electrons. The number of carbonyl (C=O) groups is 1. The molecule has 31 heavy (non-hydrogen) atoms. The molecule has 158 valence electrons. The largest absolute Gasteiger partial charge is 0.463 e. The van der Waals surface area contributed by atoms with E-state index >= 15 is 0 Å². The smallest absolute Gasteiger partial charge is 0.262 e. The number of H-pyrrole nitrogens is 1. The average molecular weight is 425 g/mol. The first kappa shape index (κ1) is 20.2. The second-order valence-electron chi connectivity index (χ2n) is 7.00. The minimum absolute atomic E-state index is 0.0262. The maximum absolute atomic E-state index is 14.1. The van der Waals surface area contributed by atoms with Gasteiger partial charge in [-0.05, 0) is 30.2 Å². The molecule has 0 atom stereocenters. The Balaban J connectivity index is 1.82. The van der Waals surface area contributed by atoms with Gasteiger partial charge in [-0.1, -0.05) is 19.9 Å². The van der Waals surface area contributed by atoms with Crippen LogP contribution in [0.5, 0.6) is 0 Å². The van der Waals surface area contributed by atoms with Crippen molar-refractivity contribution in [1.82, 2.24) is 19.7 Å². The molecule has 4 aromatic rings. The van der Waals surface area contributed by atoms with Crippen molar-refractivity contribution < 1.29 is 18.0 Å². The summed E-state index contributed by atoms with van der Waals surface area (Å²) in [5, 5.41) is 6.78. The van der Waals surface area contributed by atoms with Crippen molar-refractivity contribution in [3.63, 3.8) is 0 Å². The molecule has 0 fully saturated rings. The van der Waals surface area contributed by atoms with Crippen LogP contribution in [0.3, 0.4) is 0 Å². The van der Waals surface area contributed by atoms with Crippen LogP contribution in [0.15, 0.2) is 57.9 Å². The summed E-state index contributed by atoms with van der Waals surface area (Å²) < 4.78 is 34.6. The Labute approximate surface area is 174 Å². The van der Waals surface area contributed by atoms with Gasteiger partial charge in [0, 0.05) is 12.1 Å². The topological polar surface area (TPSA) is 106 Å². The van der Waals surface area contributed by atoms with Gasteiger partial charge in [-0.2, -0.15) is 9.78 Å². The molecule has 8 nitrogen and oxygen atoms in total. The van der Waals surface area contributed by atoms with Crippen molar-refractivity contribution in [3.05, 3.63) is 82.0 Å². The van der Waals surface area contributed by atoms with E-state index in [-0.39, 0.29) is 17.7 Å². The first-order chi connectivity index (χ1) is 14.8. The molecule has 0 unspecified atom stereocenters. The molecule has 0 saturated heterocycles. The summed E-state index contributed by atoms with van der Waals surface area (Å²) in [7, 11) is 0. The Morgan fingerprint density at radius 3 is 2.55 bits per heavy atom. The molecule has 4 rings (SSSR count). The van der Waals surface area contributed by atoms with Gasteiger partial charge in [0.2, 0.25) is 5.95 Å². The highest BCUT2D eigenvalue weighted by molar-refractivity contribution is 6.04. The number of aromatic nitrogens is 4. The average Bonchev–Trinajstić information content (AvgIpc) is 3.37. The number of nitrogens with zero attached hydrogens (tertiary/aromatic N) is 3. The molecule has 0 aliphatic heterocycles. The molecule has 2 N–H and O–H groups in total. The predicted octanol–water partition coefficient (Wildman–Crippen LogP) is 3.87. The van der Waals surface area contributed by atoms with Crippen molar-refractivity contribution >= 4 is 11.7 Å². The Bertz CT molecular complexity index is 1290. The molecule has 1 aromatic carbocycles. The number of halogens is 2. The van der Waals surface area contributed by atoms with Crippen molar-refractivity contribution in [1.29, 1.82) is 0 Å². The maximum atomic E-state index is 14.1. The number of aromatic amines is 1. The highest BCUT2D eigenvalue weighted by Gasteiger charge is 2.22. The fourth-order valence-electron chi connectivity index (χ4n) is 2.93. The lowest BCUT2D eigenvalue weighted by Gasteiger charge is -2.11. The number of amides is 1. The first-order valence-corrected chi connectivity index (χ1v) is 9.34. The van der Waals surface area contributed by atoms with Crippen molar-refractivity contribution in [2.24, 2.45) is 0 Å². The number of hydrogen-bond acceptors (Lipinski definition) is 5. The van der Waals surface area contributed by atoms with Crippen molar-refractivity contribution in [3.8, 4) is 17.4 Å². The second kappa shape index (κ2) is 7.98. The van der Waals surface area contributed by atoms with Gasteiger partial charge in [0.15, 0.2) is 5.76 Å². The van der Waals surface area contributed by atoms with E-state index in [1.54, 1.807) is 12.1 Å². The molecule has 0 bridgehead atoms. The standard InChI is InChI=1S/C21H17F2N5O3/c1-11(2)14-10-18(29)26-21(24-14)28-17(9-15(27-28)16-7-4-8-31-16)25-20(30)19-12(22)5-3-6-13(19)23/h3-11H,1-2H3,(H,25,30)(H,24,26,29). The summed E-state index contributed by atoms with van der Waals surface area (Å²) in [5.74, 6) is -2.65. The van der Waals surface area contributed by atoms with Crippen LogP contribution in [0.1, 0.15) is 35.8 Å². The molecule has 0 spiro atoms. The number of furan rings is 1. The lowest BCUT2D eigenvalue weighted by Crippen LogP contribution is -2.21. The quantitative estimate of drug-likeness (QED) is 0.505. The summed E-state index contributed by atoms with van der Waals surface area (Å²) >= 11 is 0. The van der Waals surface area contributed by atoms with E-state index in [4.69, 9.17) is 4.42 Å². The van der Waals surface area contributed by atoms with E-state index in [0.717, 1.165) is 18.2 Å². The summed E-state index contributed by atoms with van der Waals surface area (Å²) in [5.41, 5.74) is -0.341. The van der Waals surface area contributed by atoms with Gasteiger partial charge in [0.25, 0.3) is 11.5 Å². The Kier molecular flexibility index (Phi) is 5.20. The van der Waals surface area contributed by atoms with Crippen LogP contribution in [0.25, 0.3) is 17.4 Å². The SMILES string of the molecule is CC(C)c1cc(=O)[nH]c(-n2nc(-c3ccco3)cc2NC(=O)c2c(F)cccc2F)n1. The molecule has 0 aliphatic rings. The molecule has 0 aliphatic carbocycles. The third-order valence-corrected chi connectivity index (χ3v) is 4.46. The fraction of sp³-hybridized carbons (Fsp3) is 0.143. The summed E-state index contributed by atoms with van der Waals surface area (Å²) in [4.78, 5) is 31.7. The van der Waals surface area contributed by atoms with Crippen LogP contribution in [0.4, 0.5) is 14.6 Å². The number of carbonyl (C=O) groups excluding carboxylic acids is 1. The van der Waals surface area contributed by atoms with Crippen LogP contribution >= 0.6 is 0 Å². The van der Waals surface area contributed by atoms with Gasteiger partial charge in [0.1, 0.15) is 28.7 Å². The van der Waals surface area contributed by atoms with E-state index in [1.807, 2.05) is 13.8 Å². The minimum atomic E-state index is -1.02. The van der Waals surface area contributed by atoms with Crippen molar-refractivity contribution in [2.75, 3.05) is 5.32 Å². The zero-order valence-electron chi connectivity index (χ0n) is 16.5. The van der Waals surface area contributed by atoms with E-state index < -0.39 is 28.7 Å². The third kappa shape index (κ3) is 4.00. The van der Waals surface area contributed by atoms with Gasteiger partial charge in [-0.15, -0.1) is 0 Å². The zero-order chi connectivity index (χ0) is 22.1. The zero-order valence-corrected chi connectivity index (χ0v) is 16.5. The lowest BCUT2D eigenvalue weighted by molar-refractivity contribution is 0.101. The Morgan fingerprint density at radius 2 is 1.90 bits per heavy atom. The van der Waals surface area contributed by atoms with Gasteiger partial charge in [0.05, 0.1) is 12.0 Å². The molecule has 0 saturated carbocycles. The van der Waals surface area contributed by atoms with Crippen LogP contribution < -0.4 is 10.9 Å². The van der Waals surface area contributed by atoms with E-state index in [1.165, 1.54) is 23.1 Å². The molecule has 1 amide bonds. The second-order valence-corrected chi connectivity index (χ2v) is 7.00. The predicted molar refractivity (Wildman–Crippen MR) is 108 cm³/mol. The van der Waals surface area contributed by atoms with E-state index in [9.17, 15) is 18.4 Å². The van der Waals surface area contributed by atoms with Crippen LogP contribution in [-0.2, 0) is 0 Å². The lowest BCUT2D eigenvalue weighted by atomic mass is 10.1. The molecule has 3 heterocycles. The molecular weight excluding hydrogens is 408 g/mol. The summed E-state index contributed by atoms with van der Waals surface area (Å²) in [6.07, 6.45) is 1.45. The monoisotopic (exact) mass is 425 g/mol. The van der Waals surface area contributed by atoms with E-state index in [0.29, 0.717) is 17.1 Å². The number of benzene rings is 1. The minimum Gasteiger partial charge on any atom is -0.463 e. The van der Waals surface area contributed by atoms with Crippen LogP contribution in [0, 0.1) is 11.6 Å². The number of rotatable bonds is 5. The fourth-order valence-corrected chi connectivity index (χ4v) is 2.93. The first-order valence-electron chi connectivity index (χ1n) is 9.34. The van der Waals surface area contributed by atoms with E-state index in [2.05, 4.69) is 20.4 Å². The Hall–Kier alpha value is -4.08. The summed E-state index contributed by atoms with van der Waals surface area (Å²) in [6, 6.07) is 9.22. The van der Waals surface area contributed by atoms with Crippen LogP contribution in [0.2, 0.25) is 0 Å². The van der Waals surface area contributed by atoms with Crippen molar-refractivity contribution in [2.45, 2.75) is 19.8 Å². The molecule has 10 heteroatoms. The van der Waals surface area contributed by atoms with Gasteiger partial charge in [-0.3, -0.25) is 14.6 Å². The maximum Gasteiger partial charge on any atom is 0.262 e. The summed E-state index contributed by atoms with van der Waals surface area (Å²) in [6.45, 7) is 3.74. The third-order valence-electron chi connectivity index (χ3n) is 4.46. The van der Waals surface area contributed by atoms with Crippen LogP contribution in [-0.4, -0.2) is 25.7 Å². The molecule has 3 aromatic heterocycles. The normalized spacial score (nSPS) is 11.1. The van der Waals surface area contributed by atoms with Gasteiger partial charge >= 0.3 is 0 Å². The molecular formula is C21H17F2N5O3. The van der Waals surface area contributed by atoms with Gasteiger partial charge in [-0.25, -0.2) is 13.8 Å². The highest BCUT2D eigenvalue weighted by atomic mass is 19.1. The number of hydrogen-bond donors (Lipinski definition) is 2. The van der Waals surface area contributed by atoms with Gasteiger partial charge < -0.3 is 9.73 Å². The Morgan fingerprint density at radius 1 is 1.16 bits per heavy atom. The highest BCUT2D eigenvalue weighted by Crippen LogP contribution is 2.25.